The van der Waals surface area contributed by atoms with Crippen molar-refractivity contribution in [2.24, 2.45) is 5.41 Å². The van der Waals surface area contributed by atoms with E-state index in [9.17, 15) is 9.59 Å². The van der Waals surface area contributed by atoms with E-state index in [1.54, 1.807) is 38.1 Å². The smallest absolute Gasteiger partial charge is 0.339 e. The SMILES string of the molecule is COC(=O)c1ccccc1NCC(C)(C)C(=O)O. The quantitative estimate of drug-likeness (QED) is 0.783. The first-order valence-electron chi connectivity index (χ1n) is 5.53. The number of aliphatic carboxylic acids is 1. The Bertz CT molecular complexity index is 454. The van der Waals surface area contributed by atoms with E-state index in [1.807, 2.05) is 0 Å². The molecule has 0 aliphatic carbocycles. The zero-order valence-electron chi connectivity index (χ0n) is 10.7. The molecule has 0 spiro atoms. The van der Waals surface area contributed by atoms with E-state index < -0.39 is 17.4 Å². The van der Waals surface area contributed by atoms with Crippen LogP contribution in [0.4, 0.5) is 5.69 Å². The summed E-state index contributed by atoms with van der Waals surface area (Å²) in [7, 11) is 1.31. The van der Waals surface area contributed by atoms with Crippen molar-refractivity contribution in [1.82, 2.24) is 0 Å². The lowest BCUT2D eigenvalue weighted by molar-refractivity contribution is -0.146. The van der Waals surface area contributed by atoms with Gasteiger partial charge in [0, 0.05) is 12.2 Å². The average molecular weight is 251 g/mol. The van der Waals surface area contributed by atoms with Crippen molar-refractivity contribution < 1.29 is 19.4 Å². The first kappa shape index (κ1) is 14.0. The van der Waals surface area contributed by atoms with Crippen LogP contribution in [0.25, 0.3) is 0 Å². The molecule has 1 rings (SSSR count). The summed E-state index contributed by atoms with van der Waals surface area (Å²) in [6.45, 7) is 3.45. The van der Waals surface area contributed by atoms with Crippen molar-refractivity contribution in [3.8, 4) is 0 Å². The Morgan fingerprint density at radius 3 is 2.50 bits per heavy atom. The van der Waals surface area contributed by atoms with Crippen molar-refractivity contribution in [1.29, 1.82) is 0 Å². The molecule has 18 heavy (non-hydrogen) atoms. The van der Waals surface area contributed by atoms with E-state index in [0.717, 1.165) is 0 Å². The fourth-order valence-corrected chi connectivity index (χ4v) is 1.32. The number of para-hydroxylation sites is 1. The number of nitrogens with one attached hydrogen (secondary N) is 1. The van der Waals surface area contributed by atoms with E-state index in [1.165, 1.54) is 7.11 Å². The van der Waals surface area contributed by atoms with Crippen molar-refractivity contribution >= 4 is 17.6 Å². The number of carboxylic acid groups (broad SMARTS) is 1. The second kappa shape index (κ2) is 5.53. The third kappa shape index (κ3) is 3.23. The van der Waals surface area contributed by atoms with Gasteiger partial charge in [-0.05, 0) is 26.0 Å². The van der Waals surface area contributed by atoms with Gasteiger partial charge >= 0.3 is 11.9 Å². The molecule has 1 aromatic rings. The van der Waals surface area contributed by atoms with Crippen LogP contribution in [0.2, 0.25) is 0 Å². The number of carboxylic acids is 1. The van der Waals surface area contributed by atoms with Crippen LogP contribution in [0.5, 0.6) is 0 Å². The minimum absolute atomic E-state index is 0.219. The van der Waals surface area contributed by atoms with Crippen molar-refractivity contribution in [2.75, 3.05) is 19.0 Å². The molecule has 0 radical (unpaired) electrons. The van der Waals surface area contributed by atoms with E-state index in [0.29, 0.717) is 11.3 Å². The molecule has 0 saturated heterocycles. The summed E-state index contributed by atoms with van der Waals surface area (Å²) in [6, 6.07) is 6.83. The predicted molar refractivity (Wildman–Crippen MR) is 67.7 cm³/mol. The van der Waals surface area contributed by atoms with Gasteiger partial charge in [0.2, 0.25) is 0 Å². The molecule has 0 aliphatic heterocycles. The van der Waals surface area contributed by atoms with Gasteiger partial charge in [-0.2, -0.15) is 0 Å². The summed E-state index contributed by atoms with van der Waals surface area (Å²) >= 11 is 0. The second-order valence-electron chi connectivity index (χ2n) is 4.58. The number of rotatable bonds is 5. The van der Waals surface area contributed by atoms with Gasteiger partial charge in [-0.25, -0.2) is 4.79 Å². The molecule has 0 fully saturated rings. The average Bonchev–Trinajstić information content (AvgIpc) is 2.35. The standard InChI is InChI=1S/C13H17NO4/c1-13(2,12(16)17)8-14-10-7-5-4-6-9(10)11(15)18-3/h4-7,14H,8H2,1-3H3,(H,16,17). The number of benzene rings is 1. The zero-order valence-corrected chi connectivity index (χ0v) is 10.7. The summed E-state index contributed by atoms with van der Waals surface area (Å²) in [5, 5.41) is 12.0. The largest absolute Gasteiger partial charge is 0.481 e. The van der Waals surface area contributed by atoms with E-state index in [-0.39, 0.29) is 6.54 Å². The van der Waals surface area contributed by atoms with Gasteiger partial charge in [-0.15, -0.1) is 0 Å². The Balaban J connectivity index is 2.86. The van der Waals surface area contributed by atoms with Gasteiger partial charge in [0.1, 0.15) is 0 Å². The van der Waals surface area contributed by atoms with Crippen LogP contribution in [0.1, 0.15) is 24.2 Å². The first-order valence-corrected chi connectivity index (χ1v) is 5.53. The van der Waals surface area contributed by atoms with Gasteiger partial charge in [0.05, 0.1) is 18.1 Å². The monoisotopic (exact) mass is 251 g/mol. The minimum Gasteiger partial charge on any atom is -0.481 e. The number of carbonyl (C=O) groups is 2. The lowest BCUT2D eigenvalue weighted by Crippen LogP contribution is -2.32. The van der Waals surface area contributed by atoms with Gasteiger partial charge in [-0.1, -0.05) is 12.1 Å². The van der Waals surface area contributed by atoms with Crippen LogP contribution in [0.3, 0.4) is 0 Å². The normalized spacial score (nSPS) is 10.8. The van der Waals surface area contributed by atoms with Crippen LogP contribution < -0.4 is 5.32 Å². The second-order valence-corrected chi connectivity index (χ2v) is 4.58. The summed E-state index contributed by atoms with van der Waals surface area (Å²) in [5.41, 5.74) is 0.0447. The third-order valence-electron chi connectivity index (χ3n) is 2.63. The van der Waals surface area contributed by atoms with E-state index in [2.05, 4.69) is 10.1 Å². The van der Waals surface area contributed by atoms with Crippen molar-refractivity contribution in [3.63, 3.8) is 0 Å². The number of ether oxygens (including phenoxy) is 1. The molecule has 0 aromatic heterocycles. The molecule has 5 heteroatoms. The summed E-state index contributed by atoms with van der Waals surface area (Å²) in [4.78, 5) is 22.5. The molecule has 0 atom stereocenters. The van der Waals surface area contributed by atoms with Gasteiger partial charge in [-0.3, -0.25) is 4.79 Å². The highest BCUT2D eigenvalue weighted by Crippen LogP contribution is 2.20. The van der Waals surface area contributed by atoms with Gasteiger partial charge < -0.3 is 15.2 Å². The molecule has 0 unspecified atom stereocenters. The molecule has 1 aromatic carbocycles. The molecule has 0 heterocycles. The highest BCUT2D eigenvalue weighted by molar-refractivity contribution is 5.95. The molecule has 0 saturated carbocycles. The fourth-order valence-electron chi connectivity index (χ4n) is 1.32. The Hall–Kier alpha value is -2.04. The maximum absolute atomic E-state index is 11.5. The molecule has 0 bridgehead atoms. The summed E-state index contributed by atoms with van der Waals surface area (Å²) < 4.78 is 4.66. The van der Waals surface area contributed by atoms with E-state index >= 15 is 0 Å². The molecular weight excluding hydrogens is 234 g/mol. The minimum atomic E-state index is -0.913. The molecule has 0 aliphatic rings. The topological polar surface area (TPSA) is 75.6 Å². The lowest BCUT2D eigenvalue weighted by Gasteiger charge is -2.21. The van der Waals surface area contributed by atoms with Crippen LogP contribution in [-0.2, 0) is 9.53 Å². The maximum atomic E-state index is 11.5. The molecule has 2 N–H and O–H groups in total. The van der Waals surface area contributed by atoms with Crippen LogP contribution >= 0.6 is 0 Å². The number of esters is 1. The molecule has 5 nitrogen and oxygen atoms in total. The number of methoxy groups -OCH3 is 1. The lowest BCUT2D eigenvalue weighted by atomic mass is 9.93. The number of hydrogen-bond donors (Lipinski definition) is 2. The van der Waals surface area contributed by atoms with Crippen molar-refractivity contribution in [2.45, 2.75) is 13.8 Å². The number of anilines is 1. The van der Waals surface area contributed by atoms with Gasteiger partial charge in [0.25, 0.3) is 0 Å². The predicted octanol–water partition coefficient (Wildman–Crippen LogP) is 2.00. The van der Waals surface area contributed by atoms with Crippen LogP contribution in [0.15, 0.2) is 24.3 Å². The summed E-state index contributed by atoms with van der Waals surface area (Å²) in [6.07, 6.45) is 0. The third-order valence-corrected chi connectivity index (χ3v) is 2.63. The highest BCUT2D eigenvalue weighted by Gasteiger charge is 2.27. The summed E-state index contributed by atoms with van der Waals surface area (Å²) in [5.74, 6) is -1.35. The Morgan fingerprint density at radius 1 is 1.33 bits per heavy atom. The molecular formula is C13H17NO4. The molecule has 0 amide bonds. The number of carbonyl (C=O) groups excluding carboxylic acids is 1. The van der Waals surface area contributed by atoms with Gasteiger partial charge in [0.15, 0.2) is 0 Å². The molecule has 98 valence electrons. The highest BCUT2D eigenvalue weighted by atomic mass is 16.5. The zero-order chi connectivity index (χ0) is 13.8. The van der Waals surface area contributed by atoms with Crippen LogP contribution in [0, 0.1) is 5.41 Å². The fraction of sp³-hybridized carbons (Fsp3) is 0.385. The first-order chi connectivity index (χ1) is 8.38. The number of hydrogen-bond acceptors (Lipinski definition) is 4. The van der Waals surface area contributed by atoms with Crippen LogP contribution in [-0.4, -0.2) is 30.7 Å². The Morgan fingerprint density at radius 2 is 1.94 bits per heavy atom. The van der Waals surface area contributed by atoms with E-state index in [4.69, 9.17) is 5.11 Å². The maximum Gasteiger partial charge on any atom is 0.339 e. The Labute approximate surface area is 106 Å². The van der Waals surface area contributed by atoms with Crippen molar-refractivity contribution in [3.05, 3.63) is 29.8 Å². The Kier molecular flexibility index (Phi) is 4.31.